The van der Waals surface area contributed by atoms with Crippen LogP contribution >= 0.6 is 11.3 Å². The zero-order valence-electron chi connectivity index (χ0n) is 19.5. The lowest BCUT2D eigenvalue weighted by molar-refractivity contribution is -0.118. The quantitative estimate of drug-likeness (QED) is 0.384. The summed E-state index contributed by atoms with van der Waals surface area (Å²) >= 11 is 1.54. The minimum Gasteiger partial charge on any atom is -0.494 e. The van der Waals surface area contributed by atoms with E-state index in [-0.39, 0.29) is 5.91 Å². The van der Waals surface area contributed by atoms with Gasteiger partial charge in [0.15, 0.2) is 5.13 Å². The summed E-state index contributed by atoms with van der Waals surface area (Å²) in [5.74, 6) is 1.62. The Morgan fingerprint density at radius 1 is 0.938 bits per heavy atom. The van der Waals surface area contributed by atoms with E-state index < -0.39 is 0 Å². The Hall–Kier alpha value is -2.64. The first-order chi connectivity index (χ1) is 15.6. The average molecular weight is 456 g/mol. The number of nitrogens with zero attached hydrogens (tertiary/aromatic N) is 3. The van der Waals surface area contributed by atoms with Crippen molar-refractivity contribution in [1.82, 2.24) is 9.88 Å². The second-order valence-corrected chi connectivity index (χ2v) is 8.37. The van der Waals surface area contributed by atoms with Gasteiger partial charge in [0.1, 0.15) is 17.0 Å². The van der Waals surface area contributed by atoms with Gasteiger partial charge in [0.25, 0.3) is 0 Å². The van der Waals surface area contributed by atoms with Crippen LogP contribution in [-0.2, 0) is 11.2 Å². The molecule has 0 bridgehead atoms. The first-order valence-corrected chi connectivity index (χ1v) is 12.2. The largest absolute Gasteiger partial charge is 0.494 e. The molecular formula is C25H33N3O3S. The van der Waals surface area contributed by atoms with Crippen molar-refractivity contribution in [3.05, 3.63) is 48.0 Å². The normalized spacial score (nSPS) is 11.2. The molecule has 0 fully saturated rings. The molecule has 7 heteroatoms. The fourth-order valence-corrected chi connectivity index (χ4v) is 4.57. The Kier molecular flexibility index (Phi) is 8.88. The molecule has 0 aliphatic heterocycles. The van der Waals surface area contributed by atoms with Crippen LogP contribution in [-0.4, -0.2) is 55.2 Å². The van der Waals surface area contributed by atoms with E-state index in [1.165, 1.54) is 11.3 Å². The van der Waals surface area contributed by atoms with Gasteiger partial charge >= 0.3 is 0 Å². The van der Waals surface area contributed by atoms with E-state index in [1.807, 2.05) is 61.2 Å². The van der Waals surface area contributed by atoms with E-state index in [4.69, 9.17) is 14.5 Å². The summed E-state index contributed by atoms with van der Waals surface area (Å²) in [6.45, 7) is 12.7. The number of anilines is 1. The van der Waals surface area contributed by atoms with E-state index in [2.05, 4.69) is 18.7 Å². The number of carbonyl (C=O) groups excluding carboxylic acids is 1. The van der Waals surface area contributed by atoms with E-state index in [1.54, 1.807) is 0 Å². The van der Waals surface area contributed by atoms with Crippen molar-refractivity contribution in [1.29, 1.82) is 0 Å². The van der Waals surface area contributed by atoms with Gasteiger partial charge in [0, 0.05) is 13.1 Å². The molecule has 1 heterocycles. The predicted molar refractivity (Wildman–Crippen MR) is 132 cm³/mol. The molecular weight excluding hydrogens is 422 g/mol. The molecule has 0 aliphatic rings. The molecule has 3 rings (SSSR count). The van der Waals surface area contributed by atoms with Crippen LogP contribution in [0.3, 0.4) is 0 Å². The summed E-state index contributed by atoms with van der Waals surface area (Å²) in [7, 11) is 0. The van der Waals surface area contributed by atoms with Gasteiger partial charge in [-0.3, -0.25) is 9.69 Å². The number of aromatic nitrogens is 1. The lowest BCUT2D eigenvalue weighted by Crippen LogP contribution is -2.39. The number of amides is 1. The van der Waals surface area contributed by atoms with Crippen molar-refractivity contribution in [2.24, 2.45) is 0 Å². The molecule has 0 unspecified atom stereocenters. The Morgan fingerprint density at radius 2 is 1.66 bits per heavy atom. The van der Waals surface area contributed by atoms with Crippen molar-refractivity contribution in [3.8, 4) is 11.5 Å². The highest BCUT2D eigenvalue weighted by Crippen LogP contribution is 2.34. The molecule has 0 saturated heterocycles. The maximum atomic E-state index is 13.4. The molecule has 1 amide bonds. The van der Waals surface area contributed by atoms with Gasteiger partial charge in [-0.15, -0.1) is 0 Å². The van der Waals surface area contributed by atoms with Gasteiger partial charge in [-0.1, -0.05) is 43.4 Å². The molecule has 0 radical (unpaired) electrons. The molecule has 2 aromatic carbocycles. The van der Waals surface area contributed by atoms with Crippen molar-refractivity contribution in [3.63, 3.8) is 0 Å². The molecule has 1 aromatic heterocycles. The van der Waals surface area contributed by atoms with Gasteiger partial charge in [0.05, 0.1) is 24.3 Å². The van der Waals surface area contributed by atoms with Gasteiger partial charge in [-0.25, -0.2) is 4.98 Å². The Bertz CT molecular complexity index is 999. The van der Waals surface area contributed by atoms with Crippen molar-refractivity contribution in [2.45, 2.75) is 34.1 Å². The molecule has 3 aromatic rings. The lowest BCUT2D eigenvalue weighted by atomic mass is 10.1. The number of hydrogen-bond donors (Lipinski definition) is 0. The minimum absolute atomic E-state index is 0.0401. The van der Waals surface area contributed by atoms with Crippen LogP contribution in [0.25, 0.3) is 10.2 Å². The maximum Gasteiger partial charge on any atom is 0.233 e. The second kappa shape index (κ2) is 11.8. The summed E-state index contributed by atoms with van der Waals surface area (Å²) in [4.78, 5) is 22.4. The van der Waals surface area contributed by atoms with E-state index in [9.17, 15) is 4.79 Å². The van der Waals surface area contributed by atoms with Crippen LogP contribution in [0.4, 0.5) is 5.13 Å². The Morgan fingerprint density at radius 3 is 2.31 bits per heavy atom. The molecule has 0 spiro atoms. The molecule has 0 aliphatic carbocycles. The number of benzene rings is 2. The first-order valence-electron chi connectivity index (χ1n) is 11.4. The van der Waals surface area contributed by atoms with Crippen LogP contribution < -0.4 is 14.4 Å². The number of fused-ring (bicyclic) bond motifs is 1. The predicted octanol–water partition coefficient (Wildman–Crippen LogP) is 5.01. The smallest absolute Gasteiger partial charge is 0.233 e. The number of para-hydroxylation sites is 1. The monoisotopic (exact) mass is 455 g/mol. The highest BCUT2D eigenvalue weighted by Gasteiger charge is 2.22. The first kappa shape index (κ1) is 24.0. The SMILES string of the molecule is CCOc1ccc(CC(=O)N(CCN(CC)CC)c2nc3c(OCC)cccc3s2)cc1. The average Bonchev–Trinajstić information content (AvgIpc) is 3.23. The maximum absolute atomic E-state index is 13.4. The fraction of sp³-hybridized carbons (Fsp3) is 0.440. The Labute approximate surface area is 194 Å². The lowest BCUT2D eigenvalue weighted by Gasteiger charge is -2.24. The number of thiazole rings is 1. The van der Waals surface area contributed by atoms with Gasteiger partial charge in [0.2, 0.25) is 5.91 Å². The zero-order chi connectivity index (χ0) is 22.9. The Balaban J connectivity index is 1.86. The van der Waals surface area contributed by atoms with Crippen molar-refractivity contribution < 1.29 is 14.3 Å². The topological polar surface area (TPSA) is 54.9 Å². The van der Waals surface area contributed by atoms with E-state index in [0.717, 1.165) is 52.0 Å². The van der Waals surface area contributed by atoms with Crippen LogP contribution in [0.5, 0.6) is 11.5 Å². The number of ether oxygens (including phenoxy) is 2. The van der Waals surface area contributed by atoms with E-state index in [0.29, 0.717) is 26.2 Å². The summed E-state index contributed by atoms with van der Waals surface area (Å²) in [5.41, 5.74) is 1.78. The summed E-state index contributed by atoms with van der Waals surface area (Å²) in [5, 5.41) is 0.718. The third kappa shape index (κ3) is 5.99. The highest BCUT2D eigenvalue weighted by molar-refractivity contribution is 7.22. The fourth-order valence-electron chi connectivity index (χ4n) is 3.55. The summed E-state index contributed by atoms with van der Waals surface area (Å²) in [6, 6.07) is 13.7. The van der Waals surface area contributed by atoms with Crippen LogP contribution in [0, 0.1) is 0 Å². The van der Waals surface area contributed by atoms with Crippen molar-refractivity contribution >= 4 is 32.6 Å². The molecule has 0 N–H and O–H groups in total. The number of hydrogen-bond acceptors (Lipinski definition) is 6. The standard InChI is InChI=1S/C25H33N3O3S/c1-5-27(6-2)16-17-28(23(29)18-19-12-14-20(15-13-19)30-7-3)25-26-24-21(31-8-4)10-9-11-22(24)32-25/h9-15H,5-8,16-18H2,1-4H3. The third-order valence-corrected chi connectivity index (χ3v) is 6.37. The number of likely N-dealkylation sites (N-methyl/N-ethyl adjacent to an activating group) is 1. The van der Waals surface area contributed by atoms with Gasteiger partial charge < -0.3 is 14.4 Å². The van der Waals surface area contributed by atoms with Crippen LogP contribution in [0.1, 0.15) is 33.3 Å². The highest BCUT2D eigenvalue weighted by atomic mass is 32.1. The molecule has 0 saturated carbocycles. The molecule has 6 nitrogen and oxygen atoms in total. The summed E-state index contributed by atoms with van der Waals surface area (Å²) < 4.78 is 12.3. The van der Waals surface area contributed by atoms with Crippen LogP contribution in [0.2, 0.25) is 0 Å². The van der Waals surface area contributed by atoms with Crippen LogP contribution in [0.15, 0.2) is 42.5 Å². The number of rotatable bonds is 12. The number of carbonyl (C=O) groups is 1. The van der Waals surface area contributed by atoms with Crippen molar-refractivity contribution in [2.75, 3.05) is 44.3 Å². The molecule has 32 heavy (non-hydrogen) atoms. The van der Waals surface area contributed by atoms with Gasteiger partial charge in [-0.2, -0.15) is 0 Å². The second-order valence-electron chi connectivity index (χ2n) is 7.36. The minimum atomic E-state index is 0.0401. The van der Waals surface area contributed by atoms with E-state index >= 15 is 0 Å². The van der Waals surface area contributed by atoms with Gasteiger partial charge in [-0.05, 0) is 56.8 Å². The summed E-state index contributed by atoms with van der Waals surface area (Å²) in [6.07, 6.45) is 0.318. The molecule has 0 atom stereocenters. The third-order valence-electron chi connectivity index (χ3n) is 5.33. The molecule has 172 valence electrons. The zero-order valence-corrected chi connectivity index (χ0v) is 20.3.